The second-order valence-electron chi connectivity index (χ2n) is 4.07. The Bertz CT molecular complexity index is 685. The van der Waals surface area contributed by atoms with Crippen LogP contribution in [0.2, 0.25) is 0 Å². The number of aromatic nitrogens is 1. The summed E-state index contributed by atoms with van der Waals surface area (Å²) >= 11 is 0. The van der Waals surface area contributed by atoms with Crippen LogP contribution >= 0.6 is 0 Å². The molecule has 0 bridgehead atoms. The molecule has 0 unspecified atom stereocenters. The molecule has 7 heteroatoms. The molecule has 0 aliphatic heterocycles. The summed E-state index contributed by atoms with van der Waals surface area (Å²) in [7, 11) is 0. The largest absolute Gasteiger partial charge is 0.416 e. The van der Waals surface area contributed by atoms with E-state index in [9.17, 15) is 18.0 Å². The van der Waals surface area contributed by atoms with Gasteiger partial charge in [-0.2, -0.15) is 18.4 Å². The normalized spacial score (nSPS) is 10.8. The predicted molar refractivity (Wildman–Crippen MR) is 68.3 cm³/mol. The molecule has 1 aromatic carbocycles. The molecule has 1 aromatic heterocycles. The van der Waals surface area contributed by atoms with Gasteiger partial charge in [0.05, 0.1) is 11.1 Å². The summed E-state index contributed by atoms with van der Waals surface area (Å²) in [5, 5.41) is 11.0. The number of anilines is 1. The van der Waals surface area contributed by atoms with E-state index < -0.39 is 17.6 Å². The lowest BCUT2D eigenvalue weighted by Crippen LogP contribution is -2.13. The summed E-state index contributed by atoms with van der Waals surface area (Å²) in [5.41, 5.74) is -0.410. The van der Waals surface area contributed by atoms with Gasteiger partial charge in [-0.1, -0.05) is 0 Å². The van der Waals surface area contributed by atoms with Crippen molar-refractivity contribution in [2.75, 3.05) is 5.32 Å². The third-order valence-corrected chi connectivity index (χ3v) is 2.61. The molecule has 0 aliphatic rings. The van der Waals surface area contributed by atoms with Crippen LogP contribution in [-0.4, -0.2) is 10.9 Å². The monoisotopic (exact) mass is 291 g/mol. The quantitative estimate of drug-likeness (QED) is 0.923. The molecular weight excluding hydrogens is 283 g/mol. The van der Waals surface area contributed by atoms with Gasteiger partial charge in [0, 0.05) is 11.8 Å². The molecule has 1 amide bonds. The van der Waals surface area contributed by atoms with Crippen LogP contribution in [-0.2, 0) is 6.18 Å². The zero-order chi connectivity index (χ0) is 15.5. The van der Waals surface area contributed by atoms with E-state index in [1.54, 1.807) is 0 Å². The van der Waals surface area contributed by atoms with Crippen LogP contribution in [0.4, 0.5) is 19.0 Å². The highest BCUT2D eigenvalue weighted by Gasteiger charge is 2.30. The molecule has 0 saturated heterocycles. The van der Waals surface area contributed by atoms with Crippen LogP contribution in [0.5, 0.6) is 0 Å². The number of nitriles is 1. The minimum atomic E-state index is -4.44. The summed E-state index contributed by atoms with van der Waals surface area (Å²) < 4.78 is 37.2. The second kappa shape index (κ2) is 5.63. The van der Waals surface area contributed by atoms with Crippen molar-refractivity contribution in [1.29, 1.82) is 5.26 Å². The van der Waals surface area contributed by atoms with Crippen molar-refractivity contribution in [2.24, 2.45) is 0 Å². The lowest BCUT2D eigenvalue weighted by atomic mass is 10.1. The molecule has 4 nitrogen and oxygen atoms in total. The zero-order valence-corrected chi connectivity index (χ0v) is 10.5. The molecule has 2 rings (SSSR count). The third-order valence-electron chi connectivity index (χ3n) is 2.61. The number of rotatable bonds is 2. The number of benzene rings is 1. The Balaban J connectivity index is 2.11. The minimum absolute atomic E-state index is 0.0779. The first-order valence-electron chi connectivity index (χ1n) is 5.75. The maximum Gasteiger partial charge on any atom is 0.416 e. The Morgan fingerprint density at radius 3 is 2.29 bits per heavy atom. The Morgan fingerprint density at radius 2 is 1.81 bits per heavy atom. The SMILES string of the molecule is N#Cc1ccc(NC(=O)c2ccc(C(F)(F)F)cc2)nc1. The van der Waals surface area contributed by atoms with Crippen molar-refractivity contribution in [3.8, 4) is 6.07 Å². The first-order chi connectivity index (χ1) is 9.90. The first-order valence-corrected chi connectivity index (χ1v) is 5.75. The summed E-state index contributed by atoms with van der Waals surface area (Å²) in [4.78, 5) is 15.7. The van der Waals surface area contributed by atoms with Gasteiger partial charge >= 0.3 is 6.18 Å². The molecule has 106 valence electrons. The van der Waals surface area contributed by atoms with Crippen LogP contribution < -0.4 is 5.32 Å². The van der Waals surface area contributed by atoms with E-state index in [2.05, 4.69) is 10.3 Å². The van der Waals surface area contributed by atoms with Gasteiger partial charge in [0.25, 0.3) is 5.91 Å². The van der Waals surface area contributed by atoms with E-state index in [0.29, 0.717) is 5.56 Å². The van der Waals surface area contributed by atoms with Crippen LogP contribution in [0.1, 0.15) is 21.5 Å². The maximum atomic E-state index is 12.4. The van der Waals surface area contributed by atoms with Crippen molar-refractivity contribution < 1.29 is 18.0 Å². The molecule has 0 saturated carbocycles. The Labute approximate surface area is 117 Å². The fraction of sp³-hybridized carbons (Fsp3) is 0.0714. The molecule has 1 N–H and O–H groups in total. The number of carbonyl (C=O) groups is 1. The van der Waals surface area contributed by atoms with Gasteiger partial charge in [0.1, 0.15) is 11.9 Å². The summed E-state index contributed by atoms with van der Waals surface area (Å²) in [6.07, 6.45) is -3.16. The van der Waals surface area contributed by atoms with Crippen LogP contribution in [0.25, 0.3) is 0 Å². The fourth-order valence-electron chi connectivity index (χ4n) is 1.53. The highest BCUT2D eigenvalue weighted by Crippen LogP contribution is 2.29. The van der Waals surface area contributed by atoms with Crippen LogP contribution in [0, 0.1) is 11.3 Å². The maximum absolute atomic E-state index is 12.4. The lowest BCUT2D eigenvalue weighted by Gasteiger charge is -2.08. The highest BCUT2D eigenvalue weighted by molar-refractivity contribution is 6.03. The Morgan fingerprint density at radius 1 is 1.14 bits per heavy atom. The number of nitrogens with one attached hydrogen (secondary N) is 1. The van der Waals surface area contributed by atoms with Crippen molar-refractivity contribution in [1.82, 2.24) is 4.98 Å². The van der Waals surface area contributed by atoms with Crippen molar-refractivity contribution in [2.45, 2.75) is 6.18 Å². The van der Waals surface area contributed by atoms with Crippen molar-refractivity contribution in [3.05, 3.63) is 59.3 Å². The van der Waals surface area contributed by atoms with Gasteiger partial charge in [-0.05, 0) is 36.4 Å². The van der Waals surface area contributed by atoms with Crippen LogP contribution in [0.3, 0.4) is 0 Å². The fourth-order valence-corrected chi connectivity index (χ4v) is 1.53. The van der Waals surface area contributed by atoms with Gasteiger partial charge in [0.15, 0.2) is 0 Å². The number of pyridine rings is 1. The van der Waals surface area contributed by atoms with E-state index in [1.807, 2.05) is 6.07 Å². The molecular formula is C14H8F3N3O. The van der Waals surface area contributed by atoms with Gasteiger partial charge in [-0.15, -0.1) is 0 Å². The average molecular weight is 291 g/mol. The van der Waals surface area contributed by atoms with E-state index in [-0.39, 0.29) is 11.4 Å². The third kappa shape index (κ3) is 3.57. The van der Waals surface area contributed by atoms with E-state index >= 15 is 0 Å². The summed E-state index contributed by atoms with van der Waals surface area (Å²) in [5.74, 6) is -0.375. The first kappa shape index (κ1) is 14.5. The predicted octanol–water partition coefficient (Wildman–Crippen LogP) is 3.22. The average Bonchev–Trinajstić information content (AvgIpc) is 2.47. The molecule has 0 atom stereocenters. The smallest absolute Gasteiger partial charge is 0.307 e. The van der Waals surface area contributed by atoms with E-state index in [4.69, 9.17) is 5.26 Å². The minimum Gasteiger partial charge on any atom is -0.307 e. The highest BCUT2D eigenvalue weighted by atomic mass is 19.4. The number of nitrogens with zero attached hydrogens (tertiary/aromatic N) is 2. The molecule has 0 fully saturated rings. The Hall–Kier alpha value is -2.88. The van der Waals surface area contributed by atoms with Crippen molar-refractivity contribution >= 4 is 11.7 Å². The lowest BCUT2D eigenvalue weighted by molar-refractivity contribution is -0.137. The van der Waals surface area contributed by atoms with Gasteiger partial charge in [-0.25, -0.2) is 4.98 Å². The second-order valence-corrected chi connectivity index (χ2v) is 4.07. The molecule has 21 heavy (non-hydrogen) atoms. The molecule has 2 aromatic rings. The van der Waals surface area contributed by atoms with E-state index in [1.165, 1.54) is 18.3 Å². The molecule has 0 aliphatic carbocycles. The standard InChI is InChI=1S/C14H8F3N3O/c15-14(16,17)11-4-2-10(3-5-11)13(21)20-12-6-1-9(7-18)8-19-12/h1-6,8H,(H,19,20,21). The Kier molecular flexibility index (Phi) is 3.89. The van der Waals surface area contributed by atoms with Gasteiger partial charge < -0.3 is 5.32 Å². The zero-order valence-electron chi connectivity index (χ0n) is 10.5. The van der Waals surface area contributed by atoms with Gasteiger partial charge in [0.2, 0.25) is 0 Å². The topological polar surface area (TPSA) is 65.8 Å². The number of alkyl halides is 3. The number of carbonyl (C=O) groups excluding carboxylic acids is 1. The number of halogens is 3. The molecule has 0 radical (unpaired) electrons. The van der Waals surface area contributed by atoms with Crippen molar-refractivity contribution in [3.63, 3.8) is 0 Å². The summed E-state index contributed by atoms with van der Waals surface area (Å²) in [6.45, 7) is 0. The molecule has 1 heterocycles. The summed E-state index contributed by atoms with van der Waals surface area (Å²) in [6, 6.07) is 8.62. The number of amides is 1. The number of hydrogen-bond acceptors (Lipinski definition) is 3. The number of hydrogen-bond donors (Lipinski definition) is 1. The van der Waals surface area contributed by atoms with Crippen LogP contribution in [0.15, 0.2) is 42.6 Å². The van der Waals surface area contributed by atoms with E-state index in [0.717, 1.165) is 24.3 Å². The van der Waals surface area contributed by atoms with Gasteiger partial charge in [-0.3, -0.25) is 4.79 Å². The molecule has 0 spiro atoms.